The van der Waals surface area contributed by atoms with Crippen molar-refractivity contribution in [2.45, 2.75) is 0 Å². The van der Waals surface area contributed by atoms with Crippen LogP contribution in [-0.4, -0.2) is 34.9 Å². The van der Waals surface area contributed by atoms with E-state index in [1.165, 1.54) is 11.8 Å². The maximum atomic E-state index is 10.8. The molecule has 1 heterocycles. The van der Waals surface area contributed by atoms with Gasteiger partial charge in [-0.2, -0.15) is 0 Å². The van der Waals surface area contributed by atoms with Gasteiger partial charge in [0, 0.05) is 24.7 Å². The van der Waals surface area contributed by atoms with Gasteiger partial charge in [-0.3, -0.25) is 4.79 Å². The van der Waals surface area contributed by atoms with E-state index in [-0.39, 0.29) is 5.24 Å². The summed E-state index contributed by atoms with van der Waals surface area (Å²) in [5.74, 6) is 1.47. The number of nitrogens with zero attached hydrogens (tertiary/aromatic N) is 1. The second-order valence-corrected chi connectivity index (χ2v) is 3.21. The van der Waals surface area contributed by atoms with Gasteiger partial charge in [-0.15, -0.1) is 11.6 Å². The number of hydrogen-bond acceptors (Lipinski definition) is 2. The molecule has 0 aliphatic carbocycles. The number of hydrogen-bond donors (Lipinski definition) is 0. The third-order valence-corrected chi connectivity index (χ3v) is 2.26. The van der Waals surface area contributed by atoms with Crippen LogP contribution in [0.4, 0.5) is 4.79 Å². The SMILES string of the molecule is O=C1SCCN1CCCl. The highest BCUT2D eigenvalue weighted by atomic mass is 35.5. The first-order valence-electron chi connectivity index (χ1n) is 2.82. The molecule has 0 saturated carbocycles. The van der Waals surface area contributed by atoms with Crippen LogP contribution in [0, 0.1) is 0 Å². The van der Waals surface area contributed by atoms with Crippen molar-refractivity contribution in [1.29, 1.82) is 0 Å². The minimum Gasteiger partial charge on any atom is -0.332 e. The number of carbonyl (C=O) groups excluding carboxylic acids is 1. The second-order valence-electron chi connectivity index (χ2n) is 1.79. The third kappa shape index (κ3) is 1.76. The average molecular weight is 166 g/mol. The van der Waals surface area contributed by atoms with Crippen molar-refractivity contribution >= 4 is 28.6 Å². The van der Waals surface area contributed by atoms with E-state index in [1.54, 1.807) is 4.90 Å². The van der Waals surface area contributed by atoms with Gasteiger partial charge in [0.1, 0.15) is 0 Å². The smallest absolute Gasteiger partial charge is 0.281 e. The zero-order valence-corrected chi connectivity index (χ0v) is 6.54. The minimum atomic E-state index is 0.177. The Morgan fingerprint density at radius 3 is 3.00 bits per heavy atom. The van der Waals surface area contributed by atoms with E-state index in [0.29, 0.717) is 12.4 Å². The summed E-state index contributed by atoms with van der Waals surface area (Å²) >= 11 is 6.82. The molecular weight excluding hydrogens is 158 g/mol. The molecule has 9 heavy (non-hydrogen) atoms. The highest BCUT2D eigenvalue weighted by Gasteiger charge is 2.19. The second kappa shape index (κ2) is 3.32. The molecule has 1 aliphatic rings. The van der Waals surface area contributed by atoms with Crippen LogP contribution in [0.25, 0.3) is 0 Å². The Balaban J connectivity index is 2.31. The summed E-state index contributed by atoms with van der Waals surface area (Å²) in [4.78, 5) is 12.6. The van der Waals surface area contributed by atoms with E-state index in [2.05, 4.69) is 0 Å². The molecule has 0 unspecified atom stereocenters. The van der Waals surface area contributed by atoms with E-state index in [4.69, 9.17) is 11.6 Å². The molecule has 1 aliphatic heterocycles. The molecule has 0 N–H and O–H groups in total. The van der Waals surface area contributed by atoms with Gasteiger partial charge in [-0.1, -0.05) is 11.8 Å². The van der Waals surface area contributed by atoms with Crippen molar-refractivity contribution < 1.29 is 4.79 Å². The largest absolute Gasteiger partial charge is 0.332 e. The molecule has 0 aromatic carbocycles. The Morgan fingerprint density at radius 2 is 2.56 bits per heavy atom. The van der Waals surface area contributed by atoms with Crippen LogP contribution < -0.4 is 0 Å². The molecule has 1 saturated heterocycles. The van der Waals surface area contributed by atoms with E-state index < -0.39 is 0 Å². The van der Waals surface area contributed by atoms with Crippen molar-refractivity contribution in [2.75, 3.05) is 24.7 Å². The van der Waals surface area contributed by atoms with E-state index >= 15 is 0 Å². The number of halogens is 1. The van der Waals surface area contributed by atoms with E-state index in [1.807, 2.05) is 0 Å². The van der Waals surface area contributed by atoms with Gasteiger partial charge in [-0.25, -0.2) is 0 Å². The van der Waals surface area contributed by atoms with Gasteiger partial charge in [-0.05, 0) is 0 Å². The monoisotopic (exact) mass is 165 g/mol. The highest BCUT2D eigenvalue weighted by molar-refractivity contribution is 8.13. The molecule has 0 spiro atoms. The van der Waals surface area contributed by atoms with Crippen molar-refractivity contribution in [2.24, 2.45) is 0 Å². The van der Waals surface area contributed by atoms with Crippen molar-refractivity contribution in [3.8, 4) is 0 Å². The van der Waals surface area contributed by atoms with Crippen LogP contribution in [0.1, 0.15) is 0 Å². The Hall–Kier alpha value is 0.110. The molecule has 2 nitrogen and oxygen atoms in total. The zero-order chi connectivity index (χ0) is 6.69. The van der Waals surface area contributed by atoms with Crippen molar-refractivity contribution in [3.05, 3.63) is 0 Å². The fourth-order valence-electron chi connectivity index (χ4n) is 0.731. The van der Waals surface area contributed by atoms with Gasteiger partial charge >= 0.3 is 0 Å². The molecule has 1 amide bonds. The normalized spacial score (nSPS) is 19.2. The first kappa shape index (κ1) is 7.22. The number of thioether (sulfide) groups is 1. The summed E-state index contributed by atoms with van der Waals surface area (Å²) in [5, 5.41) is 0.177. The Kier molecular flexibility index (Phi) is 2.66. The molecule has 52 valence electrons. The lowest BCUT2D eigenvalue weighted by atomic mass is 10.6. The lowest BCUT2D eigenvalue weighted by Gasteiger charge is -2.10. The summed E-state index contributed by atoms with van der Waals surface area (Å²) in [5.41, 5.74) is 0. The van der Waals surface area contributed by atoms with Gasteiger partial charge in [0.05, 0.1) is 0 Å². The lowest BCUT2D eigenvalue weighted by Crippen LogP contribution is -2.24. The molecule has 0 aromatic rings. The fourth-order valence-corrected chi connectivity index (χ4v) is 1.79. The van der Waals surface area contributed by atoms with Crippen LogP contribution in [0.2, 0.25) is 0 Å². The van der Waals surface area contributed by atoms with Crippen LogP contribution in [0.3, 0.4) is 0 Å². The molecule has 0 aromatic heterocycles. The number of alkyl halides is 1. The molecule has 1 fully saturated rings. The number of rotatable bonds is 2. The highest BCUT2D eigenvalue weighted by Crippen LogP contribution is 2.16. The Bertz CT molecular complexity index is 120. The first-order valence-corrected chi connectivity index (χ1v) is 4.34. The van der Waals surface area contributed by atoms with Crippen molar-refractivity contribution in [3.63, 3.8) is 0 Å². The quantitative estimate of drug-likeness (QED) is 0.577. The summed E-state index contributed by atoms with van der Waals surface area (Å²) in [6.45, 7) is 1.57. The average Bonchev–Trinajstić information content (AvgIpc) is 2.18. The first-order chi connectivity index (χ1) is 4.34. The van der Waals surface area contributed by atoms with Gasteiger partial charge in [0.15, 0.2) is 0 Å². The molecule has 4 heteroatoms. The minimum absolute atomic E-state index is 0.177. The van der Waals surface area contributed by atoms with Gasteiger partial charge in [0.25, 0.3) is 5.24 Å². The van der Waals surface area contributed by atoms with E-state index in [9.17, 15) is 4.79 Å². The third-order valence-electron chi connectivity index (χ3n) is 1.20. The summed E-state index contributed by atoms with van der Waals surface area (Å²) in [6, 6.07) is 0. The van der Waals surface area contributed by atoms with Crippen LogP contribution in [-0.2, 0) is 0 Å². The topological polar surface area (TPSA) is 20.3 Å². The van der Waals surface area contributed by atoms with Crippen LogP contribution in [0.15, 0.2) is 0 Å². The maximum absolute atomic E-state index is 10.8. The summed E-state index contributed by atoms with van der Waals surface area (Å²) < 4.78 is 0. The van der Waals surface area contributed by atoms with E-state index in [0.717, 1.165) is 12.3 Å². The molecule has 0 bridgehead atoms. The fraction of sp³-hybridized carbons (Fsp3) is 0.800. The van der Waals surface area contributed by atoms with Crippen molar-refractivity contribution in [1.82, 2.24) is 4.90 Å². The molecule has 0 radical (unpaired) electrons. The Morgan fingerprint density at radius 1 is 1.78 bits per heavy atom. The molecular formula is C5H8ClNOS. The Labute approximate surface area is 63.5 Å². The molecule has 1 rings (SSSR count). The predicted octanol–water partition coefficient (Wildman–Crippen LogP) is 1.39. The standard InChI is InChI=1S/C5H8ClNOS/c6-1-2-7-3-4-9-5(7)8/h1-4H2. The number of amides is 1. The van der Waals surface area contributed by atoms with Crippen LogP contribution in [0.5, 0.6) is 0 Å². The maximum Gasteiger partial charge on any atom is 0.281 e. The van der Waals surface area contributed by atoms with Gasteiger partial charge < -0.3 is 4.90 Å². The lowest BCUT2D eigenvalue weighted by molar-refractivity contribution is 0.232. The number of carbonyl (C=O) groups is 1. The summed E-state index contributed by atoms with van der Waals surface area (Å²) in [7, 11) is 0. The predicted molar refractivity (Wildman–Crippen MR) is 40.1 cm³/mol. The zero-order valence-electron chi connectivity index (χ0n) is 4.97. The molecule has 0 atom stereocenters. The van der Waals surface area contributed by atoms with Crippen LogP contribution >= 0.6 is 23.4 Å². The summed E-state index contributed by atoms with van der Waals surface area (Å²) in [6.07, 6.45) is 0. The van der Waals surface area contributed by atoms with Gasteiger partial charge in [0.2, 0.25) is 0 Å².